The van der Waals surface area contributed by atoms with Crippen LogP contribution in [0.15, 0.2) is 36.4 Å². The Morgan fingerprint density at radius 1 is 1.13 bits per heavy atom. The Hall–Kier alpha value is -3.33. The second kappa shape index (κ2) is 9.00. The molecule has 9 nitrogen and oxygen atoms in total. The highest BCUT2D eigenvalue weighted by atomic mass is 35.5. The smallest absolute Gasteiger partial charge is 0.334 e. The topological polar surface area (TPSA) is 108 Å². The molecule has 2 aromatic rings. The van der Waals surface area contributed by atoms with Crippen LogP contribution in [0.2, 0.25) is 5.02 Å². The largest absolute Gasteiger partial charge is 0.496 e. The van der Waals surface area contributed by atoms with Gasteiger partial charge in [-0.1, -0.05) is 11.6 Å². The molecule has 1 atom stereocenters. The molecule has 1 aliphatic rings. The molecule has 1 amide bonds. The number of esters is 1. The zero-order valence-electron chi connectivity index (χ0n) is 16.3. The van der Waals surface area contributed by atoms with E-state index in [1.165, 1.54) is 37.3 Å². The summed E-state index contributed by atoms with van der Waals surface area (Å²) in [6.07, 6.45) is 0.955. The predicted molar refractivity (Wildman–Crippen MR) is 107 cm³/mol. The first-order chi connectivity index (χ1) is 14.3. The average Bonchev–Trinajstić information content (AvgIpc) is 3.23. The minimum atomic E-state index is -0.886. The minimum Gasteiger partial charge on any atom is -0.496 e. The maximum atomic E-state index is 13.1. The summed E-state index contributed by atoms with van der Waals surface area (Å²) in [5.74, 6) is -0.819. The van der Waals surface area contributed by atoms with Gasteiger partial charge in [-0.2, -0.15) is 0 Å². The molecule has 0 bridgehead atoms. The highest BCUT2D eigenvalue weighted by Gasteiger charge is 2.37. The molecule has 0 aliphatic carbocycles. The lowest BCUT2D eigenvalue weighted by Gasteiger charge is -2.24. The Labute approximate surface area is 177 Å². The van der Waals surface area contributed by atoms with E-state index in [1.54, 1.807) is 12.1 Å². The summed E-state index contributed by atoms with van der Waals surface area (Å²) in [6, 6.07) is 7.65. The van der Waals surface area contributed by atoms with Crippen molar-refractivity contribution in [3.8, 4) is 17.2 Å². The fraction of sp³-hybridized carbons (Fsp3) is 0.300. The normalized spacial score (nSPS) is 15.6. The summed E-state index contributed by atoms with van der Waals surface area (Å²) < 4.78 is 15.5. The van der Waals surface area contributed by atoms with Crippen molar-refractivity contribution in [2.45, 2.75) is 18.9 Å². The number of halogens is 1. The number of likely N-dealkylation sites (tertiary alicyclic amines) is 1. The Morgan fingerprint density at radius 3 is 2.53 bits per heavy atom. The molecular formula is C20H19ClN2O7. The zero-order chi connectivity index (χ0) is 21.8. The van der Waals surface area contributed by atoms with Crippen LogP contribution in [0.25, 0.3) is 0 Å². The van der Waals surface area contributed by atoms with Gasteiger partial charge in [0.25, 0.3) is 5.91 Å². The van der Waals surface area contributed by atoms with Gasteiger partial charge in [0.1, 0.15) is 17.5 Å². The lowest BCUT2D eigenvalue weighted by Crippen LogP contribution is -2.42. The number of ether oxygens (including phenoxy) is 3. The number of benzene rings is 2. The van der Waals surface area contributed by atoms with Gasteiger partial charge in [0.2, 0.25) is 5.75 Å². The molecule has 30 heavy (non-hydrogen) atoms. The summed E-state index contributed by atoms with van der Waals surface area (Å²) in [4.78, 5) is 37.9. The van der Waals surface area contributed by atoms with E-state index in [2.05, 4.69) is 0 Å². The van der Waals surface area contributed by atoms with E-state index < -0.39 is 28.5 Å². The fourth-order valence-corrected chi connectivity index (χ4v) is 3.46. The fourth-order valence-electron chi connectivity index (χ4n) is 3.29. The first-order valence-corrected chi connectivity index (χ1v) is 9.42. The van der Waals surface area contributed by atoms with Gasteiger partial charge in [-0.05, 0) is 43.2 Å². The van der Waals surface area contributed by atoms with Crippen LogP contribution in [-0.4, -0.2) is 48.5 Å². The third-order valence-corrected chi connectivity index (χ3v) is 4.99. The standard InChI is InChI=1S/C20H19ClN2O7/c1-28-13-6-8-18(16(11-13)23(26)27)30-20(25)15-4-3-9-22(15)19(24)14-10-12(21)5-7-17(14)29-2/h5-8,10-11,15H,3-4,9H2,1-2H3. The quantitative estimate of drug-likeness (QED) is 0.296. The van der Waals surface area contributed by atoms with Crippen LogP contribution in [-0.2, 0) is 4.79 Å². The Kier molecular flexibility index (Phi) is 6.41. The van der Waals surface area contributed by atoms with E-state index in [0.717, 1.165) is 6.07 Å². The average molecular weight is 435 g/mol. The second-order valence-electron chi connectivity index (χ2n) is 6.51. The van der Waals surface area contributed by atoms with E-state index in [4.69, 9.17) is 25.8 Å². The second-order valence-corrected chi connectivity index (χ2v) is 6.95. The molecule has 10 heteroatoms. The van der Waals surface area contributed by atoms with Gasteiger partial charge in [-0.25, -0.2) is 4.79 Å². The van der Waals surface area contributed by atoms with Crippen molar-refractivity contribution in [1.29, 1.82) is 0 Å². The number of hydrogen-bond acceptors (Lipinski definition) is 7. The van der Waals surface area contributed by atoms with E-state index in [0.29, 0.717) is 30.2 Å². The highest BCUT2D eigenvalue weighted by Crippen LogP contribution is 2.33. The van der Waals surface area contributed by atoms with Crippen LogP contribution in [0.5, 0.6) is 17.2 Å². The summed E-state index contributed by atoms with van der Waals surface area (Å²) in [6.45, 7) is 0.332. The SMILES string of the molecule is COc1ccc(OC(=O)C2CCCN2C(=O)c2cc(Cl)ccc2OC)c([N+](=O)[O-])c1. The van der Waals surface area contributed by atoms with Crippen LogP contribution in [0, 0.1) is 10.1 Å². The number of carbonyl (C=O) groups is 2. The maximum absolute atomic E-state index is 13.1. The molecule has 1 aliphatic heterocycles. The molecule has 0 N–H and O–H groups in total. The van der Waals surface area contributed by atoms with E-state index in [9.17, 15) is 19.7 Å². The van der Waals surface area contributed by atoms with Crippen LogP contribution in [0.4, 0.5) is 5.69 Å². The Balaban J connectivity index is 1.84. The molecule has 3 rings (SSSR count). The number of nitrogens with zero attached hydrogens (tertiary/aromatic N) is 2. The lowest BCUT2D eigenvalue weighted by molar-refractivity contribution is -0.385. The lowest BCUT2D eigenvalue weighted by atomic mass is 10.1. The molecule has 0 aromatic heterocycles. The summed E-state index contributed by atoms with van der Waals surface area (Å²) >= 11 is 6.01. The highest BCUT2D eigenvalue weighted by molar-refractivity contribution is 6.31. The van der Waals surface area contributed by atoms with E-state index >= 15 is 0 Å². The van der Waals surface area contributed by atoms with Gasteiger partial charge in [-0.3, -0.25) is 14.9 Å². The van der Waals surface area contributed by atoms with Gasteiger partial charge in [0.15, 0.2) is 0 Å². The maximum Gasteiger partial charge on any atom is 0.334 e. The van der Waals surface area contributed by atoms with Crippen molar-refractivity contribution in [3.05, 3.63) is 57.1 Å². The molecule has 1 unspecified atom stereocenters. The Morgan fingerprint density at radius 2 is 1.87 bits per heavy atom. The van der Waals surface area contributed by atoms with Crippen molar-refractivity contribution < 1.29 is 28.7 Å². The molecule has 158 valence electrons. The third-order valence-electron chi connectivity index (χ3n) is 4.75. The van der Waals surface area contributed by atoms with Gasteiger partial charge in [0, 0.05) is 11.6 Å². The number of methoxy groups -OCH3 is 2. The van der Waals surface area contributed by atoms with Gasteiger partial charge in [-0.15, -0.1) is 0 Å². The number of nitro benzene ring substituents is 1. The molecule has 1 saturated heterocycles. The van der Waals surface area contributed by atoms with Crippen molar-refractivity contribution in [2.24, 2.45) is 0 Å². The molecule has 1 fully saturated rings. The number of carbonyl (C=O) groups excluding carboxylic acids is 2. The van der Waals surface area contributed by atoms with Crippen molar-refractivity contribution >= 4 is 29.2 Å². The Bertz CT molecular complexity index is 995. The van der Waals surface area contributed by atoms with Gasteiger partial charge >= 0.3 is 11.7 Å². The third kappa shape index (κ3) is 4.30. The zero-order valence-corrected chi connectivity index (χ0v) is 17.0. The van der Waals surface area contributed by atoms with E-state index in [-0.39, 0.29) is 17.1 Å². The first kappa shape index (κ1) is 21.4. The van der Waals surface area contributed by atoms with E-state index in [1.807, 2.05) is 0 Å². The molecule has 0 saturated carbocycles. The summed E-state index contributed by atoms with van der Waals surface area (Å²) in [7, 11) is 2.80. The minimum absolute atomic E-state index is 0.217. The first-order valence-electron chi connectivity index (χ1n) is 9.04. The van der Waals surface area contributed by atoms with Crippen molar-refractivity contribution in [2.75, 3.05) is 20.8 Å². The van der Waals surface area contributed by atoms with Crippen LogP contribution >= 0.6 is 11.6 Å². The number of amides is 1. The van der Waals surface area contributed by atoms with Crippen LogP contribution in [0.1, 0.15) is 23.2 Å². The number of nitro groups is 1. The monoisotopic (exact) mass is 434 g/mol. The number of rotatable bonds is 6. The van der Waals surface area contributed by atoms with Crippen LogP contribution in [0.3, 0.4) is 0 Å². The molecule has 1 heterocycles. The molecular weight excluding hydrogens is 416 g/mol. The molecule has 0 radical (unpaired) electrons. The molecule has 0 spiro atoms. The summed E-state index contributed by atoms with van der Waals surface area (Å²) in [5.41, 5.74) is -0.185. The van der Waals surface area contributed by atoms with Crippen LogP contribution < -0.4 is 14.2 Å². The molecule has 2 aromatic carbocycles. The van der Waals surface area contributed by atoms with Gasteiger partial charge in [0.05, 0.1) is 30.8 Å². The number of hydrogen-bond donors (Lipinski definition) is 0. The summed E-state index contributed by atoms with van der Waals surface area (Å²) in [5, 5.41) is 11.7. The van der Waals surface area contributed by atoms with Crippen molar-refractivity contribution in [1.82, 2.24) is 4.90 Å². The predicted octanol–water partition coefficient (Wildman–Crippen LogP) is 3.48. The van der Waals surface area contributed by atoms with Crippen molar-refractivity contribution in [3.63, 3.8) is 0 Å². The van der Waals surface area contributed by atoms with Gasteiger partial charge < -0.3 is 19.1 Å².